The maximum atomic E-state index is 12.6. The summed E-state index contributed by atoms with van der Waals surface area (Å²) in [6, 6.07) is 13.4. The first-order valence-corrected chi connectivity index (χ1v) is 9.31. The first-order chi connectivity index (χ1) is 13.9. The van der Waals surface area contributed by atoms with E-state index in [2.05, 4.69) is 16.0 Å². The number of carbonyl (C=O) groups is 2. The summed E-state index contributed by atoms with van der Waals surface area (Å²) in [6.45, 7) is 3.58. The smallest absolute Gasteiger partial charge is 0.290 e. The van der Waals surface area contributed by atoms with Crippen LogP contribution in [0.4, 0.5) is 0 Å². The number of amides is 2. The molecule has 0 saturated heterocycles. The topological polar surface area (TPSA) is 102 Å². The predicted octanol–water partition coefficient (Wildman–Crippen LogP) is 2.30. The number of nitrogens with zero attached hydrogens (tertiary/aromatic N) is 2. The molecule has 1 atom stereocenters. The highest BCUT2D eigenvalue weighted by atomic mass is 35.5. The maximum absolute atomic E-state index is 12.6. The molecule has 3 aromatic rings. The molecule has 0 aliphatic heterocycles. The van der Waals surface area contributed by atoms with Crippen LogP contribution in [0.3, 0.4) is 0 Å². The summed E-state index contributed by atoms with van der Waals surface area (Å²) >= 11 is 6.01. The van der Waals surface area contributed by atoms with Crippen LogP contribution in [-0.2, 0) is 11.3 Å². The summed E-state index contributed by atoms with van der Waals surface area (Å²) in [4.78, 5) is 37.2. The lowest BCUT2D eigenvalue weighted by Crippen LogP contribution is -2.47. The molecule has 3 rings (SSSR count). The Kier molecular flexibility index (Phi) is 6.13. The number of hydrogen-bond acceptors (Lipinski definition) is 5. The van der Waals surface area contributed by atoms with Crippen LogP contribution in [0.15, 0.2) is 53.3 Å². The van der Waals surface area contributed by atoms with Crippen LogP contribution in [0.2, 0.25) is 5.02 Å². The molecule has 1 heterocycles. The van der Waals surface area contributed by atoms with E-state index >= 15 is 0 Å². The molecule has 29 heavy (non-hydrogen) atoms. The summed E-state index contributed by atoms with van der Waals surface area (Å²) in [6.07, 6.45) is -0.913. The van der Waals surface area contributed by atoms with Gasteiger partial charge in [0.2, 0.25) is 0 Å². The molecule has 150 valence electrons. The van der Waals surface area contributed by atoms with Gasteiger partial charge in [0.25, 0.3) is 17.4 Å². The lowest BCUT2D eigenvalue weighted by Gasteiger charge is -2.16. The van der Waals surface area contributed by atoms with Crippen molar-refractivity contribution in [1.82, 2.24) is 20.6 Å². The number of aromatic nitrogens is 2. The van der Waals surface area contributed by atoms with E-state index in [9.17, 15) is 14.4 Å². The van der Waals surface area contributed by atoms with Crippen molar-refractivity contribution < 1.29 is 14.3 Å². The standard InChI is InChI=1S/C20H19ClN4O4/c1-3-25-20(28)14-9-5-4-8-13(14)17(24-25)19(27)23-22-18(26)12(2)29-16-11-7-6-10-15(16)21/h4-12H,3H2,1-2H3,(H,22,26)(H,23,27). The fraction of sp³-hybridized carbons (Fsp3) is 0.200. The van der Waals surface area contributed by atoms with Crippen molar-refractivity contribution in [2.24, 2.45) is 0 Å². The number of hydrogen-bond donors (Lipinski definition) is 2. The van der Waals surface area contributed by atoms with E-state index < -0.39 is 17.9 Å². The number of para-hydroxylation sites is 1. The normalized spacial score (nSPS) is 11.7. The lowest BCUT2D eigenvalue weighted by atomic mass is 10.1. The SMILES string of the molecule is CCn1nc(C(=O)NNC(=O)C(C)Oc2ccccc2Cl)c2ccccc2c1=O. The Hall–Kier alpha value is -3.39. The van der Waals surface area contributed by atoms with Gasteiger partial charge in [0.15, 0.2) is 11.8 Å². The molecule has 0 radical (unpaired) electrons. The minimum Gasteiger partial charge on any atom is -0.479 e. The van der Waals surface area contributed by atoms with Crippen molar-refractivity contribution in [3.8, 4) is 5.75 Å². The highest BCUT2D eigenvalue weighted by molar-refractivity contribution is 6.32. The fourth-order valence-electron chi connectivity index (χ4n) is 2.68. The Bertz CT molecular complexity index is 1130. The summed E-state index contributed by atoms with van der Waals surface area (Å²) < 4.78 is 6.71. The van der Waals surface area contributed by atoms with E-state index in [1.165, 1.54) is 11.6 Å². The van der Waals surface area contributed by atoms with Gasteiger partial charge in [0.05, 0.1) is 10.4 Å². The second-order valence-electron chi connectivity index (χ2n) is 6.15. The molecule has 2 aromatic carbocycles. The van der Waals surface area contributed by atoms with Gasteiger partial charge in [-0.2, -0.15) is 5.10 Å². The first-order valence-electron chi connectivity index (χ1n) is 8.93. The molecule has 1 unspecified atom stereocenters. The van der Waals surface area contributed by atoms with Gasteiger partial charge in [-0.25, -0.2) is 4.68 Å². The third kappa shape index (κ3) is 4.38. The van der Waals surface area contributed by atoms with Crippen molar-refractivity contribution in [3.63, 3.8) is 0 Å². The zero-order valence-electron chi connectivity index (χ0n) is 15.8. The van der Waals surface area contributed by atoms with Crippen LogP contribution >= 0.6 is 11.6 Å². The second kappa shape index (κ2) is 8.74. The largest absolute Gasteiger partial charge is 0.479 e. The van der Waals surface area contributed by atoms with Crippen molar-refractivity contribution in [3.05, 3.63) is 69.6 Å². The molecule has 2 amide bonds. The summed E-state index contributed by atoms with van der Waals surface area (Å²) in [5.74, 6) is -0.876. The molecule has 8 nitrogen and oxygen atoms in total. The van der Waals surface area contributed by atoms with Gasteiger partial charge in [-0.15, -0.1) is 0 Å². The molecular weight excluding hydrogens is 396 g/mol. The average molecular weight is 415 g/mol. The number of halogens is 1. The second-order valence-corrected chi connectivity index (χ2v) is 6.56. The van der Waals surface area contributed by atoms with Gasteiger partial charge in [0, 0.05) is 11.9 Å². The van der Waals surface area contributed by atoms with Crippen LogP contribution in [0.25, 0.3) is 10.8 Å². The first kappa shape index (κ1) is 20.3. The van der Waals surface area contributed by atoms with Crippen LogP contribution in [0, 0.1) is 0 Å². The monoisotopic (exact) mass is 414 g/mol. The van der Waals surface area contributed by atoms with Crippen LogP contribution < -0.4 is 21.1 Å². The molecule has 0 aliphatic rings. The number of nitrogens with one attached hydrogen (secondary N) is 2. The molecule has 2 N–H and O–H groups in total. The van der Waals surface area contributed by atoms with E-state index in [1.807, 2.05) is 0 Å². The Morgan fingerprint density at radius 1 is 1.10 bits per heavy atom. The summed E-state index contributed by atoms with van der Waals surface area (Å²) in [7, 11) is 0. The summed E-state index contributed by atoms with van der Waals surface area (Å²) in [5, 5.41) is 5.25. The Morgan fingerprint density at radius 2 is 1.76 bits per heavy atom. The van der Waals surface area contributed by atoms with E-state index in [-0.39, 0.29) is 11.3 Å². The molecule has 9 heteroatoms. The van der Waals surface area contributed by atoms with Crippen molar-refractivity contribution in [1.29, 1.82) is 0 Å². The van der Waals surface area contributed by atoms with Crippen LogP contribution in [0.5, 0.6) is 5.75 Å². The minimum atomic E-state index is -0.913. The average Bonchev–Trinajstić information content (AvgIpc) is 2.73. The highest BCUT2D eigenvalue weighted by Gasteiger charge is 2.20. The number of hydrazine groups is 1. The van der Waals surface area contributed by atoms with Crippen molar-refractivity contribution in [2.75, 3.05) is 0 Å². The van der Waals surface area contributed by atoms with E-state index in [0.29, 0.717) is 28.1 Å². The van der Waals surface area contributed by atoms with E-state index in [4.69, 9.17) is 16.3 Å². The highest BCUT2D eigenvalue weighted by Crippen LogP contribution is 2.24. The van der Waals surface area contributed by atoms with Crippen LogP contribution in [-0.4, -0.2) is 27.7 Å². The number of fused-ring (bicyclic) bond motifs is 1. The predicted molar refractivity (Wildman–Crippen MR) is 109 cm³/mol. The minimum absolute atomic E-state index is 0.0297. The van der Waals surface area contributed by atoms with E-state index in [1.54, 1.807) is 55.5 Å². The lowest BCUT2D eigenvalue weighted by molar-refractivity contribution is -0.128. The van der Waals surface area contributed by atoms with Gasteiger partial charge >= 0.3 is 0 Å². The van der Waals surface area contributed by atoms with Gasteiger partial charge in [-0.1, -0.05) is 41.9 Å². The summed E-state index contributed by atoms with van der Waals surface area (Å²) in [5.41, 5.74) is 4.36. The number of ether oxygens (including phenoxy) is 1. The van der Waals surface area contributed by atoms with E-state index in [0.717, 1.165) is 0 Å². The molecule has 0 spiro atoms. The van der Waals surface area contributed by atoms with Gasteiger partial charge in [-0.3, -0.25) is 25.2 Å². The quantitative estimate of drug-likeness (QED) is 0.623. The molecule has 1 aromatic heterocycles. The van der Waals surface area contributed by atoms with Crippen molar-refractivity contribution in [2.45, 2.75) is 26.5 Å². The Labute approximate surface area is 171 Å². The van der Waals surface area contributed by atoms with Gasteiger partial charge in [-0.05, 0) is 32.0 Å². The molecule has 0 bridgehead atoms. The molecule has 0 aliphatic carbocycles. The number of benzene rings is 2. The molecule has 0 saturated carbocycles. The Balaban J connectivity index is 1.74. The number of carbonyl (C=O) groups excluding carboxylic acids is 2. The molecule has 0 fully saturated rings. The zero-order chi connectivity index (χ0) is 21.0. The number of rotatable bonds is 5. The Morgan fingerprint density at radius 3 is 2.45 bits per heavy atom. The third-order valence-electron chi connectivity index (χ3n) is 4.19. The number of aryl methyl sites for hydroxylation is 1. The fourth-order valence-corrected chi connectivity index (χ4v) is 2.86. The third-order valence-corrected chi connectivity index (χ3v) is 4.50. The molecular formula is C20H19ClN4O4. The van der Waals surface area contributed by atoms with Gasteiger partial charge in [0.1, 0.15) is 5.75 Å². The maximum Gasteiger partial charge on any atom is 0.290 e. The zero-order valence-corrected chi connectivity index (χ0v) is 16.6. The van der Waals surface area contributed by atoms with Crippen LogP contribution in [0.1, 0.15) is 24.3 Å². The van der Waals surface area contributed by atoms with Gasteiger partial charge < -0.3 is 4.74 Å². The van der Waals surface area contributed by atoms with Crippen molar-refractivity contribution >= 4 is 34.2 Å².